The van der Waals surface area contributed by atoms with Crippen LogP contribution in [0.4, 0.5) is 13.2 Å². The molecule has 2 aromatic carbocycles. The topological polar surface area (TPSA) is 29.5 Å². The molecular formula is C20H19BrF3NO2. The second kappa shape index (κ2) is 8.44. The largest absolute Gasteiger partial charge is 0.416 e. The minimum atomic E-state index is -4.34. The van der Waals surface area contributed by atoms with Gasteiger partial charge in [-0.25, -0.2) is 0 Å². The molecule has 0 bridgehead atoms. The van der Waals surface area contributed by atoms with Crippen molar-refractivity contribution in [2.75, 3.05) is 13.1 Å². The number of likely N-dealkylation sites (tertiary alicyclic amines) is 1. The Morgan fingerprint density at radius 2 is 1.93 bits per heavy atom. The number of rotatable bonds is 4. The molecule has 144 valence electrons. The van der Waals surface area contributed by atoms with Gasteiger partial charge in [0.05, 0.1) is 18.3 Å². The fourth-order valence-electron chi connectivity index (χ4n) is 3.07. The molecule has 1 aliphatic rings. The zero-order valence-corrected chi connectivity index (χ0v) is 16.1. The van der Waals surface area contributed by atoms with E-state index in [-0.39, 0.29) is 18.6 Å². The van der Waals surface area contributed by atoms with E-state index in [1.807, 2.05) is 12.1 Å². The van der Waals surface area contributed by atoms with Crippen molar-refractivity contribution in [3.05, 3.63) is 69.7 Å². The molecule has 1 heterocycles. The normalized spacial score (nSPS) is 17.8. The van der Waals surface area contributed by atoms with Gasteiger partial charge in [-0.3, -0.25) is 4.79 Å². The summed E-state index contributed by atoms with van der Waals surface area (Å²) in [6.45, 7) is 1.37. The van der Waals surface area contributed by atoms with E-state index in [1.165, 1.54) is 12.1 Å². The molecule has 3 nitrogen and oxygen atoms in total. The number of piperidine rings is 1. The molecule has 27 heavy (non-hydrogen) atoms. The van der Waals surface area contributed by atoms with Crippen LogP contribution < -0.4 is 0 Å². The summed E-state index contributed by atoms with van der Waals surface area (Å²) < 4.78 is 44.5. The lowest BCUT2D eigenvalue weighted by Gasteiger charge is -2.32. The highest BCUT2D eigenvalue weighted by molar-refractivity contribution is 9.10. The van der Waals surface area contributed by atoms with Gasteiger partial charge in [-0.2, -0.15) is 13.2 Å². The first-order valence-corrected chi connectivity index (χ1v) is 9.45. The van der Waals surface area contributed by atoms with Gasteiger partial charge in [-0.15, -0.1) is 0 Å². The Labute approximate surface area is 164 Å². The van der Waals surface area contributed by atoms with E-state index in [0.29, 0.717) is 24.2 Å². The molecule has 0 aliphatic carbocycles. The molecule has 1 atom stereocenters. The molecule has 0 aromatic heterocycles. The van der Waals surface area contributed by atoms with E-state index in [1.54, 1.807) is 17.0 Å². The van der Waals surface area contributed by atoms with E-state index in [4.69, 9.17) is 4.74 Å². The number of amides is 1. The fraction of sp³-hybridized carbons (Fsp3) is 0.350. The predicted molar refractivity (Wildman–Crippen MR) is 99.3 cm³/mol. The number of alkyl halides is 3. The molecule has 0 spiro atoms. The van der Waals surface area contributed by atoms with Crippen LogP contribution >= 0.6 is 15.9 Å². The SMILES string of the molecule is O=C(c1cccc(Br)c1)N1CCC[C@H](OCc2ccc(C(F)(F)F)cc2)C1. The Kier molecular flexibility index (Phi) is 6.22. The molecule has 0 N–H and O–H groups in total. The van der Waals surface area contributed by atoms with Crippen LogP contribution in [0.15, 0.2) is 53.0 Å². The standard InChI is InChI=1S/C20H19BrF3NO2/c21-17-4-1-3-15(11-17)19(26)25-10-2-5-18(12-25)27-13-14-6-8-16(9-7-14)20(22,23)24/h1,3-4,6-9,11,18H,2,5,10,12-13H2/t18-/m0/s1. The van der Waals surface area contributed by atoms with Crippen LogP contribution in [-0.2, 0) is 17.5 Å². The second-order valence-electron chi connectivity index (χ2n) is 6.53. The summed E-state index contributed by atoms with van der Waals surface area (Å²) in [5.74, 6) is -0.0425. The lowest BCUT2D eigenvalue weighted by Crippen LogP contribution is -2.43. The molecule has 3 rings (SSSR count). The predicted octanol–water partition coefficient (Wildman–Crippen LogP) is 5.29. The van der Waals surface area contributed by atoms with Crippen LogP contribution in [0.3, 0.4) is 0 Å². The minimum Gasteiger partial charge on any atom is -0.372 e. The van der Waals surface area contributed by atoms with Gasteiger partial charge in [0.1, 0.15) is 0 Å². The average molecular weight is 442 g/mol. The Bertz CT molecular complexity index is 793. The first kappa shape index (κ1) is 19.9. The summed E-state index contributed by atoms with van der Waals surface area (Å²) in [5, 5.41) is 0. The number of hydrogen-bond donors (Lipinski definition) is 0. The third-order valence-electron chi connectivity index (χ3n) is 4.50. The van der Waals surface area contributed by atoms with Gasteiger partial charge >= 0.3 is 6.18 Å². The van der Waals surface area contributed by atoms with Gasteiger partial charge in [0.15, 0.2) is 0 Å². The van der Waals surface area contributed by atoms with Crippen LogP contribution in [-0.4, -0.2) is 30.0 Å². The molecule has 1 fully saturated rings. The maximum Gasteiger partial charge on any atom is 0.416 e. The van der Waals surface area contributed by atoms with Crippen molar-refractivity contribution in [3.63, 3.8) is 0 Å². The number of carbonyl (C=O) groups is 1. The van der Waals surface area contributed by atoms with Crippen LogP contribution in [0.2, 0.25) is 0 Å². The second-order valence-corrected chi connectivity index (χ2v) is 7.45. The molecule has 1 aliphatic heterocycles. The average Bonchev–Trinajstić information content (AvgIpc) is 2.65. The number of ether oxygens (including phenoxy) is 1. The van der Waals surface area contributed by atoms with Gasteiger partial charge in [-0.1, -0.05) is 34.1 Å². The smallest absolute Gasteiger partial charge is 0.372 e. The first-order chi connectivity index (χ1) is 12.8. The van der Waals surface area contributed by atoms with Crippen molar-refractivity contribution in [2.45, 2.75) is 31.7 Å². The van der Waals surface area contributed by atoms with E-state index in [2.05, 4.69) is 15.9 Å². The van der Waals surface area contributed by atoms with Crippen molar-refractivity contribution in [1.29, 1.82) is 0 Å². The van der Waals surface area contributed by atoms with Gasteiger partial charge in [0, 0.05) is 23.1 Å². The van der Waals surface area contributed by atoms with Crippen LogP contribution in [0.1, 0.15) is 34.3 Å². The van der Waals surface area contributed by atoms with E-state index >= 15 is 0 Å². The number of benzene rings is 2. The fourth-order valence-corrected chi connectivity index (χ4v) is 3.47. The van der Waals surface area contributed by atoms with Crippen molar-refractivity contribution in [1.82, 2.24) is 4.90 Å². The summed E-state index contributed by atoms with van der Waals surface area (Å²) in [4.78, 5) is 14.4. The highest BCUT2D eigenvalue weighted by Crippen LogP contribution is 2.29. The van der Waals surface area contributed by atoms with Crippen molar-refractivity contribution >= 4 is 21.8 Å². The quantitative estimate of drug-likeness (QED) is 0.644. The Balaban J connectivity index is 1.56. The van der Waals surface area contributed by atoms with E-state index in [0.717, 1.165) is 29.4 Å². The highest BCUT2D eigenvalue weighted by Gasteiger charge is 2.30. The third-order valence-corrected chi connectivity index (χ3v) is 5.00. The molecule has 0 unspecified atom stereocenters. The van der Waals surface area contributed by atoms with Crippen LogP contribution in [0, 0.1) is 0 Å². The number of carbonyl (C=O) groups excluding carboxylic acids is 1. The Hall–Kier alpha value is -1.86. The zero-order chi connectivity index (χ0) is 19.4. The number of nitrogens with zero attached hydrogens (tertiary/aromatic N) is 1. The van der Waals surface area contributed by atoms with E-state index in [9.17, 15) is 18.0 Å². The Morgan fingerprint density at radius 1 is 1.19 bits per heavy atom. The molecule has 0 saturated carbocycles. The first-order valence-electron chi connectivity index (χ1n) is 8.65. The van der Waals surface area contributed by atoms with Gasteiger partial charge < -0.3 is 9.64 Å². The summed E-state index contributed by atoms with van der Waals surface area (Å²) in [6.07, 6.45) is -2.81. The Morgan fingerprint density at radius 3 is 2.59 bits per heavy atom. The van der Waals surface area contributed by atoms with Crippen LogP contribution in [0.5, 0.6) is 0 Å². The maximum atomic E-state index is 12.6. The van der Waals surface area contributed by atoms with E-state index < -0.39 is 11.7 Å². The van der Waals surface area contributed by atoms with Crippen molar-refractivity contribution in [2.24, 2.45) is 0 Å². The minimum absolute atomic E-state index is 0.0425. The van der Waals surface area contributed by atoms with Gasteiger partial charge in [0.2, 0.25) is 0 Å². The third kappa shape index (κ3) is 5.32. The summed E-state index contributed by atoms with van der Waals surface area (Å²) in [7, 11) is 0. The lowest BCUT2D eigenvalue weighted by molar-refractivity contribution is -0.137. The highest BCUT2D eigenvalue weighted by atomic mass is 79.9. The molecule has 0 radical (unpaired) electrons. The zero-order valence-electron chi connectivity index (χ0n) is 14.5. The van der Waals surface area contributed by atoms with Gasteiger partial charge in [0.25, 0.3) is 5.91 Å². The molecule has 2 aromatic rings. The molecular weight excluding hydrogens is 423 g/mol. The maximum absolute atomic E-state index is 12.6. The monoisotopic (exact) mass is 441 g/mol. The van der Waals surface area contributed by atoms with Gasteiger partial charge in [-0.05, 0) is 48.7 Å². The number of hydrogen-bond acceptors (Lipinski definition) is 2. The molecule has 1 saturated heterocycles. The van der Waals surface area contributed by atoms with Crippen molar-refractivity contribution in [3.8, 4) is 0 Å². The lowest BCUT2D eigenvalue weighted by atomic mass is 10.1. The summed E-state index contributed by atoms with van der Waals surface area (Å²) >= 11 is 3.37. The van der Waals surface area contributed by atoms with Crippen LogP contribution in [0.25, 0.3) is 0 Å². The number of halogens is 4. The summed E-state index contributed by atoms with van der Waals surface area (Å²) in [5.41, 5.74) is 0.626. The molecule has 1 amide bonds. The summed E-state index contributed by atoms with van der Waals surface area (Å²) in [6, 6.07) is 12.2. The molecule has 7 heteroatoms. The van der Waals surface area contributed by atoms with Crippen molar-refractivity contribution < 1.29 is 22.7 Å².